The zero-order valence-corrected chi connectivity index (χ0v) is 9.82. The van der Waals surface area contributed by atoms with E-state index in [9.17, 15) is 22.0 Å². The normalized spacial score (nSPS) is 19.2. The summed E-state index contributed by atoms with van der Waals surface area (Å²) in [5.74, 6) is -4.16. The number of carboxylic acids is 1. The van der Waals surface area contributed by atoms with Crippen molar-refractivity contribution >= 4 is 16.0 Å². The van der Waals surface area contributed by atoms with Crippen molar-refractivity contribution in [2.24, 2.45) is 0 Å². The zero-order chi connectivity index (χ0) is 13.6. The van der Waals surface area contributed by atoms with Crippen LogP contribution < -0.4 is 0 Å². The van der Waals surface area contributed by atoms with Gasteiger partial charge in [-0.05, 0) is 24.3 Å². The molecule has 0 aromatic heterocycles. The van der Waals surface area contributed by atoms with Gasteiger partial charge in [0.15, 0.2) is 0 Å². The van der Waals surface area contributed by atoms with Crippen LogP contribution in [0.4, 0.5) is 8.78 Å². The number of alkyl halides is 2. The van der Waals surface area contributed by atoms with Gasteiger partial charge in [-0.2, -0.15) is 4.31 Å². The molecule has 8 heteroatoms. The number of benzene rings is 1. The smallest absolute Gasteiger partial charge is 0.335 e. The van der Waals surface area contributed by atoms with Gasteiger partial charge in [-0.15, -0.1) is 0 Å². The number of carbonyl (C=O) groups is 1. The largest absolute Gasteiger partial charge is 0.478 e. The van der Waals surface area contributed by atoms with Gasteiger partial charge in [-0.1, -0.05) is 0 Å². The first-order valence-electron chi connectivity index (χ1n) is 4.94. The number of nitrogens with zero attached hydrogens (tertiary/aromatic N) is 1. The summed E-state index contributed by atoms with van der Waals surface area (Å²) in [4.78, 5) is 10.4. The fraction of sp³-hybridized carbons (Fsp3) is 0.300. The number of hydrogen-bond acceptors (Lipinski definition) is 3. The highest BCUT2D eigenvalue weighted by Gasteiger charge is 2.49. The molecule has 1 fully saturated rings. The van der Waals surface area contributed by atoms with E-state index in [4.69, 9.17) is 5.11 Å². The fourth-order valence-corrected chi connectivity index (χ4v) is 3.05. The Balaban J connectivity index is 2.23. The van der Waals surface area contributed by atoms with Crippen molar-refractivity contribution in [3.8, 4) is 0 Å². The van der Waals surface area contributed by atoms with Crippen molar-refractivity contribution in [2.45, 2.75) is 10.8 Å². The quantitative estimate of drug-likeness (QED) is 0.895. The molecule has 1 aromatic carbocycles. The average Bonchev–Trinajstić information content (AvgIpc) is 2.26. The molecular formula is C10H9F2NO4S. The summed E-state index contributed by atoms with van der Waals surface area (Å²) < 4.78 is 49.6. The molecular weight excluding hydrogens is 268 g/mol. The maximum Gasteiger partial charge on any atom is 0.335 e. The fourth-order valence-electron chi connectivity index (χ4n) is 1.56. The minimum Gasteiger partial charge on any atom is -0.478 e. The minimum absolute atomic E-state index is 0.0668. The maximum atomic E-state index is 12.6. The third-order valence-corrected chi connectivity index (χ3v) is 4.36. The number of rotatable bonds is 3. The molecule has 0 amide bonds. The standard InChI is InChI=1S/C10H9F2NO4S/c11-10(12)5-13(6-10)18(16,17)8-3-1-7(2-4-8)9(14)15/h1-4H,5-6H2,(H,14,15). The predicted molar refractivity (Wildman–Crippen MR) is 57.1 cm³/mol. The van der Waals surface area contributed by atoms with E-state index in [0.717, 1.165) is 24.3 Å². The van der Waals surface area contributed by atoms with Crippen LogP contribution in [0.3, 0.4) is 0 Å². The Morgan fingerprint density at radius 1 is 1.22 bits per heavy atom. The number of carboxylic acid groups (broad SMARTS) is 1. The Labute approximate surface area is 102 Å². The molecule has 0 saturated carbocycles. The van der Waals surface area contributed by atoms with Gasteiger partial charge in [0.05, 0.1) is 23.5 Å². The van der Waals surface area contributed by atoms with Gasteiger partial charge in [-0.25, -0.2) is 22.0 Å². The molecule has 0 aliphatic carbocycles. The lowest BCUT2D eigenvalue weighted by molar-refractivity contribution is -0.0945. The third kappa shape index (κ3) is 2.21. The van der Waals surface area contributed by atoms with Gasteiger partial charge >= 0.3 is 5.97 Å². The highest BCUT2D eigenvalue weighted by molar-refractivity contribution is 7.89. The summed E-state index contributed by atoms with van der Waals surface area (Å²) in [6.45, 7) is -1.67. The zero-order valence-electron chi connectivity index (χ0n) is 9.01. The Morgan fingerprint density at radius 2 is 1.72 bits per heavy atom. The Hall–Kier alpha value is -1.54. The first kappa shape index (κ1) is 12.9. The lowest BCUT2D eigenvalue weighted by Crippen LogP contribution is -2.58. The average molecular weight is 277 g/mol. The molecule has 98 valence electrons. The second-order valence-electron chi connectivity index (χ2n) is 3.96. The molecule has 5 nitrogen and oxygen atoms in total. The summed E-state index contributed by atoms with van der Waals surface area (Å²) in [5, 5.41) is 8.65. The van der Waals surface area contributed by atoms with Crippen LogP contribution in [-0.4, -0.2) is 42.8 Å². The van der Waals surface area contributed by atoms with E-state index in [1.807, 2.05) is 0 Å². The molecule has 1 saturated heterocycles. The van der Waals surface area contributed by atoms with E-state index >= 15 is 0 Å². The minimum atomic E-state index is -3.96. The molecule has 2 rings (SSSR count). The molecule has 1 heterocycles. The van der Waals surface area contributed by atoms with Crippen LogP contribution in [0.25, 0.3) is 0 Å². The third-order valence-electron chi connectivity index (χ3n) is 2.55. The summed E-state index contributed by atoms with van der Waals surface area (Å²) in [5.41, 5.74) is -0.0668. The van der Waals surface area contributed by atoms with Crippen molar-refractivity contribution in [2.75, 3.05) is 13.1 Å². The van der Waals surface area contributed by atoms with Gasteiger partial charge in [0, 0.05) is 0 Å². The lowest BCUT2D eigenvalue weighted by Gasteiger charge is -2.37. The van der Waals surface area contributed by atoms with Gasteiger partial charge in [0.2, 0.25) is 10.0 Å². The van der Waals surface area contributed by atoms with E-state index in [1.54, 1.807) is 0 Å². The van der Waals surface area contributed by atoms with Gasteiger partial charge in [-0.3, -0.25) is 0 Å². The predicted octanol–water partition coefficient (Wildman–Crippen LogP) is 1.02. The highest BCUT2D eigenvalue weighted by atomic mass is 32.2. The van der Waals surface area contributed by atoms with E-state index in [2.05, 4.69) is 0 Å². The molecule has 0 radical (unpaired) electrons. The highest BCUT2D eigenvalue weighted by Crippen LogP contribution is 2.31. The van der Waals surface area contributed by atoms with Crippen LogP contribution in [0.2, 0.25) is 0 Å². The van der Waals surface area contributed by atoms with E-state index < -0.39 is 35.0 Å². The topological polar surface area (TPSA) is 74.7 Å². The molecule has 0 spiro atoms. The van der Waals surface area contributed by atoms with Crippen LogP contribution in [0.1, 0.15) is 10.4 Å². The van der Waals surface area contributed by atoms with Crippen molar-refractivity contribution in [3.63, 3.8) is 0 Å². The summed E-state index contributed by atoms with van der Waals surface area (Å²) in [6, 6.07) is 4.42. The maximum absolute atomic E-state index is 12.6. The van der Waals surface area contributed by atoms with E-state index in [1.165, 1.54) is 0 Å². The molecule has 0 atom stereocenters. The molecule has 1 aromatic rings. The Bertz CT molecular complexity index is 574. The van der Waals surface area contributed by atoms with Crippen molar-refractivity contribution in [3.05, 3.63) is 29.8 Å². The number of sulfonamides is 1. The SMILES string of the molecule is O=C(O)c1ccc(S(=O)(=O)N2CC(F)(F)C2)cc1. The van der Waals surface area contributed by atoms with Crippen molar-refractivity contribution in [1.29, 1.82) is 0 Å². The monoisotopic (exact) mass is 277 g/mol. The molecule has 1 aliphatic heterocycles. The summed E-state index contributed by atoms with van der Waals surface area (Å²) in [6.07, 6.45) is 0. The van der Waals surface area contributed by atoms with Gasteiger partial charge in [0.25, 0.3) is 5.92 Å². The van der Waals surface area contributed by atoms with Crippen LogP contribution in [0.5, 0.6) is 0 Å². The van der Waals surface area contributed by atoms with Crippen LogP contribution in [-0.2, 0) is 10.0 Å². The Kier molecular flexibility index (Phi) is 2.86. The molecule has 18 heavy (non-hydrogen) atoms. The van der Waals surface area contributed by atoms with Crippen LogP contribution >= 0.6 is 0 Å². The lowest BCUT2D eigenvalue weighted by atomic mass is 10.2. The van der Waals surface area contributed by atoms with Crippen molar-refractivity contribution in [1.82, 2.24) is 4.31 Å². The first-order valence-corrected chi connectivity index (χ1v) is 6.38. The molecule has 0 bridgehead atoms. The molecule has 0 unspecified atom stereocenters. The molecule has 1 N–H and O–H groups in total. The number of hydrogen-bond donors (Lipinski definition) is 1. The number of halogens is 2. The first-order chi connectivity index (χ1) is 8.22. The molecule has 1 aliphatic rings. The Morgan fingerprint density at radius 3 is 2.11 bits per heavy atom. The van der Waals surface area contributed by atoms with Crippen LogP contribution in [0.15, 0.2) is 29.2 Å². The van der Waals surface area contributed by atoms with Gasteiger partial charge in [0.1, 0.15) is 0 Å². The van der Waals surface area contributed by atoms with Crippen LogP contribution in [0, 0.1) is 0 Å². The number of aromatic carboxylic acids is 1. The van der Waals surface area contributed by atoms with Crippen molar-refractivity contribution < 1.29 is 27.1 Å². The van der Waals surface area contributed by atoms with Gasteiger partial charge < -0.3 is 5.11 Å². The summed E-state index contributed by atoms with van der Waals surface area (Å²) in [7, 11) is -3.96. The summed E-state index contributed by atoms with van der Waals surface area (Å²) >= 11 is 0. The second-order valence-corrected chi connectivity index (χ2v) is 5.90. The van der Waals surface area contributed by atoms with E-state index in [-0.39, 0.29) is 10.5 Å². The van der Waals surface area contributed by atoms with E-state index in [0.29, 0.717) is 4.31 Å². The second kappa shape index (κ2) is 3.99.